The largest absolute Gasteiger partial charge is 0.342 e. The second-order valence-electron chi connectivity index (χ2n) is 6.64. The minimum absolute atomic E-state index is 0.0290. The predicted molar refractivity (Wildman–Crippen MR) is 88.0 cm³/mol. The molecule has 2 aliphatic heterocycles. The monoisotopic (exact) mass is 315 g/mol. The molecule has 2 fully saturated rings. The number of likely N-dealkylation sites (tertiary alicyclic amines) is 2. The van der Waals surface area contributed by atoms with Crippen molar-refractivity contribution in [3.05, 3.63) is 29.6 Å². The molecule has 0 atom stereocenters. The van der Waals surface area contributed by atoms with Crippen LogP contribution >= 0.6 is 0 Å². The molecule has 124 valence electrons. The van der Waals surface area contributed by atoms with Crippen molar-refractivity contribution in [2.24, 2.45) is 5.92 Å². The highest BCUT2D eigenvalue weighted by molar-refractivity contribution is 5.94. The van der Waals surface area contributed by atoms with Gasteiger partial charge in [-0.1, -0.05) is 0 Å². The Morgan fingerprint density at radius 2 is 1.70 bits per heavy atom. The molecule has 23 heavy (non-hydrogen) atoms. The molecule has 0 bridgehead atoms. The van der Waals surface area contributed by atoms with E-state index < -0.39 is 0 Å². The van der Waals surface area contributed by atoms with E-state index in [4.69, 9.17) is 0 Å². The molecular weight excluding hydrogens is 290 g/mol. The average Bonchev–Trinajstić information content (AvgIpc) is 2.62. The second-order valence-corrected chi connectivity index (χ2v) is 6.64. The summed E-state index contributed by atoms with van der Waals surface area (Å²) in [5, 5.41) is 0. The van der Waals surface area contributed by atoms with E-state index in [1.165, 1.54) is 6.42 Å². The number of aryl methyl sites for hydroxylation is 1. The summed E-state index contributed by atoms with van der Waals surface area (Å²) in [5.41, 5.74) is 1.55. The Morgan fingerprint density at radius 3 is 2.30 bits per heavy atom. The van der Waals surface area contributed by atoms with Crippen molar-refractivity contribution in [1.29, 1.82) is 0 Å². The number of carbonyl (C=O) groups is 2. The first-order valence-electron chi connectivity index (χ1n) is 8.66. The minimum atomic E-state index is 0.0290. The Bertz CT molecular complexity index is 556. The number of carbonyl (C=O) groups excluding carboxylic acids is 2. The van der Waals surface area contributed by atoms with Crippen molar-refractivity contribution in [2.75, 3.05) is 26.2 Å². The maximum absolute atomic E-state index is 12.5. The van der Waals surface area contributed by atoms with Gasteiger partial charge in [0.25, 0.3) is 5.91 Å². The Balaban J connectivity index is 1.54. The van der Waals surface area contributed by atoms with Gasteiger partial charge >= 0.3 is 0 Å². The van der Waals surface area contributed by atoms with Crippen LogP contribution in [0.25, 0.3) is 0 Å². The Kier molecular flexibility index (Phi) is 4.94. The number of rotatable bonds is 2. The number of hydrogen-bond donors (Lipinski definition) is 0. The molecular formula is C18H25N3O2. The van der Waals surface area contributed by atoms with E-state index in [1.807, 2.05) is 28.9 Å². The zero-order chi connectivity index (χ0) is 16.2. The van der Waals surface area contributed by atoms with Crippen LogP contribution in [0.4, 0.5) is 0 Å². The van der Waals surface area contributed by atoms with Gasteiger partial charge in [-0.25, -0.2) is 0 Å². The van der Waals surface area contributed by atoms with E-state index in [0.717, 1.165) is 44.5 Å². The molecule has 5 heteroatoms. The average molecular weight is 315 g/mol. The van der Waals surface area contributed by atoms with Crippen molar-refractivity contribution in [3.63, 3.8) is 0 Å². The zero-order valence-corrected chi connectivity index (χ0v) is 13.8. The number of amides is 2. The summed E-state index contributed by atoms with van der Waals surface area (Å²) in [6.45, 7) is 5.06. The summed E-state index contributed by atoms with van der Waals surface area (Å²) >= 11 is 0. The lowest BCUT2D eigenvalue weighted by Crippen LogP contribution is -2.45. The molecule has 1 aromatic heterocycles. The van der Waals surface area contributed by atoms with E-state index in [-0.39, 0.29) is 11.8 Å². The van der Waals surface area contributed by atoms with Crippen molar-refractivity contribution < 1.29 is 9.59 Å². The van der Waals surface area contributed by atoms with Gasteiger partial charge in [0.15, 0.2) is 0 Å². The summed E-state index contributed by atoms with van der Waals surface area (Å²) in [4.78, 5) is 33.1. The summed E-state index contributed by atoms with van der Waals surface area (Å²) in [6, 6.07) is 3.69. The van der Waals surface area contributed by atoms with Gasteiger partial charge in [-0.05, 0) is 51.2 Å². The van der Waals surface area contributed by atoms with E-state index in [1.54, 1.807) is 6.20 Å². The van der Waals surface area contributed by atoms with E-state index in [0.29, 0.717) is 24.6 Å². The third-order valence-corrected chi connectivity index (χ3v) is 4.96. The first-order valence-corrected chi connectivity index (χ1v) is 8.66. The predicted octanol–water partition coefficient (Wildman–Crippen LogP) is 2.25. The number of piperidine rings is 2. The lowest BCUT2D eigenvalue weighted by Gasteiger charge is -2.35. The maximum Gasteiger partial charge on any atom is 0.255 e. The summed E-state index contributed by atoms with van der Waals surface area (Å²) in [5.74, 6) is 0.420. The van der Waals surface area contributed by atoms with E-state index >= 15 is 0 Å². The minimum Gasteiger partial charge on any atom is -0.342 e. The Morgan fingerprint density at radius 1 is 1.00 bits per heavy atom. The van der Waals surface area contributed by atoms with Gasteiger partial charge in [-0.2, -0.15) is 0 Å². The molecule has 0 aliphatic carbocycles. The van der Waals surface area contributed by atoms with Gasteiger partial charge in [-0.15, -0.1) is 0 Å². The molecule has 2 saturated heterocycles. The fourth-order valence-electron chi connectivity index (χ4n) is 3.48. The Hall–Kier alpha value is -1.91. The normalized spacial score (nSPS) is 19.7. The van der Waals surface area contributed by atoms with Gasteiger partial charge in [0.2, 0.25) is 5.91 Å². The van der Waals surface area contributed by atoms with Crippen molar-refractivity contribution in [2.45, 2.75) is 39.0 Å². The molecule has 0 unspecified atom stereocenters. The standard InChI is InChI=1S/C18H25N3O2/c1-14-5-6-16(13-19-14)18(23)21-11-7-15(8-12-21)17(22)20-9-3-2-4-10-20/h5-6,13,15H,2-4,7-12H2,1H3. The fraction of sp³-hybridized carbons (Fsp3) is 0.611. The van der Waals surface area contributed by atoms with Crippen LogP contribution in [-0.2, 0) is 4.79 Å². The highest BCUT2D eigenvalue weighted by Gasteiger charge is 2.30. The van der Waals surface area contributed by atoms with Crippen LogP contribution in [0.15, 0.2) is 18.3 Å². The summed E-state index contributed by atoms with van der Waals surface area (Å²) in [7, 11) is 0. The molecule has 3 heterocycles. The molecule has 0 aromatic carbocycles. The highest BCUT2D eigenvalue weighted by atomic mass is 16.2. The van der Waals surface area contributed by atoms with E-state index in [9.17, 15) is 9.59 Å². The summed E-state index contributed by atoms with van der Waals surface area (Å²) in [6.07, 6.45) is 6.69. The van der Waals surface area contributed by atoms with Crippen LogP contribution in [0, 0.1) is 12.8 Å². The van der Waals surface area contributed by atoms with Crippen molar-refractivity contribution >= 4 is 11.8 Å². The molecule has 0 spiro atoms. The number of nitrogens with zero attached hydrogens (tertiary/aromatic N) is 3. The molecule has 2 amide bonds. The second kappa shape index (κ2) is 7.11. The molecule has 0 saturated carbocycles. The molecule has 0 N–H and O–H groups in total. The summed E-state index contributed by atoms with van der Waals surface area (Å²) < 4.78 is 0. The smallest absolute Gasteiger partial charge is 0.255 e. The molecule has 3 rings (SSSR count). The maximum atomic E-state index is 12.5. The van der Waals surface area contributed by atoms with Gasteiger partial charge in [0, 0.05) is 44.0 Å². The van der Waals surface area contributed by atoms with Gasteiger partial charge in [-0.3, -0.25) is 14.6 Å². The fourth-order valence-corrected chi connectivity index (χ4v) is 3.48. The molecule has 5 nitrogen and oxygen atoms in total. The van der Waals surface area contributed by atoms with Gasteiger partial charge < -0.3 is 9.80 Å². The van der Waals surface area contributed by atoms with Crippen LogP contribution < -0.4 is 0 Å². The van der Waals surface area contributed by atoms with Crippen LogP contribution in [0.5, 0.6) is 0 Å². The zero-order valence-electron chi connectivity index (χ0n) is 13.8. The van der Waals surface area contributed by atoms with Gasteiger partial charge in [0.05, 0.1) is 5.56 Å². The number of pyridine rings is 1. The lowest BCUT2D eigenvalue weighted by molar-refractivity contribution is -0.137. The quantitative estimate of drug-likeness (QED) is 0.841. The van der Waals surface area contributed by atoms with E-state index in [2.05, 4.69) is 4.98 Å². The number of hydrogen-bond acceptors (Lipinski definition) is 3. The first-order chi connectivity index (χ1) is 11.1. The van der Waals surface area contributed by atoms with Crippen LogP contribution in [0.2, 0.25) is 0 Å². The Labute approximate surface area is 137 Å². The third kappa shape index (κ3) is 3.71. The van der Waals surface area contributed by atoms with Crippen LogP contribution in [-0.4, -0.2) is 52.8 Å². The first kappa shape index (κ1) is 16.0. The van der Waals surface area contributed by atoms with Crippen molar-refractivity contribution in [3.8, 4) is 0 Å². The third-order valence-electron chi connectivity index (χ3n) is 4.96. The van der Waals surface area contributed by atoms with Gasteiger partial charge in [0.1, 0.15) is 0 Å². The van der Waals surface area contributed by atoms with Crippen LogP contribution in [0.3, 0.4) is 0 Å². The lowest BCUT2D eigenvalue weighted by atomic mass is 9.94. The van der Waals surface area contributed by atoms with Crippen LogP contribution in [0.1, 0.15) is 48.2 Å². The topological polar surface area (TPSA) is 53.5 Å². The molecule has 0 radical (unpaired) electrons. The molecule has 2 aliphatic rings. The number of aromatic nitrogens is 1. The SMILES string of the molecule is Cc1ccc(C(=O)N2CCC(C(=O)N3CCCCC3)CC2)cn1. The highest BCUT2D eigenvalue weighted by Crippen LogP contribution is 2.23. The van der Waals surface area contributed by atoms with Crippen molar-refractivity contribution in [1.82, 2.24) is 14.8 Å². The molecule has 1 aromatic rings.